The summed E-state index contributed by atoms with van der Waals surface area (Å²) in [6.45, 7) is 8.19. The van der Waals surface area contributed by atoms with Gasteiger partial charge in [-0.1, -0.05) is 49.9 Å². The van der Waals surface area contributed by atoms with Crippen LogP contribution in [0.15, 0.2) is 36.9 Å². The minimum absolute atomic E-state index is 0.0577. The average molecular weight is 229 g/mol. The predicted octanol–water partition coefficient (Wildman–Crippen LogP) is 1.35. The van der Waals surface area contributed by atoms with E-state index in [2.05, 4.69) is 24.0 Å². The minimum atomic E-state index is 0.0577. The molecular formula is C15H19NO. The highest BCUT2D eigenvalue weighted by molar-refractivity contribution is 5.77. The van der Waals surface area contributed by atoms with E-state index in [1.54, 1.807) is 6.08 Å². The highest BCUT2D eigenvalue weighted by atomic mass is 16.1. The van der Waals surface area contributed by atoms with Gasteiger partial charge >= 0.3 is 0 Å². The molecular weight excluding hydrogens is 210 g/mol. The maximum Gasteiger partial charge on any atom is 0.219 e. The van der Waals surface area contributed by atoms with Gasteiger partial charge in [-0.25, -0.2) is 0 Å². The topological polar surface area (TPSA) is 29.1 Å². The van der Waals surface area contributed by atoms with Gasteiger partial charge in [-0.2, -0.15) is 0 Å². The van der Waals surface area contributed by atoms with Gasteiger partial charge in [-0.15, -0.1) is 0 Å². The van der Waals surface area contributed by atoms with Crippen molar-refractivity contribution in [3.8, 4) is 0 Å². The monoisotopic (exact) mass is 229 g/mol. The van der Waals surface area contributed by atoms with Crippen LogP contribution < -0.4 is 15.8 Å². The number of carbonyl (C=O) groups is 1. The SMILES string of the molecule is C=C/C(CNC(=O)CC)=c1/cccc/c1=C/C. The lowest BCUT2D eigenvalue weighted by Gasteiger charge is -2.05. The molecule has 0 aliphatic heterocycles. The first-order valence-electron chi connectivity index (χ1n) is 5.86. The Hall–Kier alpha value is -1.83. The maximum absolute atomic E-state index is 11.3. The van der Waals surface area contributed by atoms with Gasteiger partial charge in [0.05, 0.1) is 0 Å². The fraction of sp³-hybridized carbons (Fsp3) is 0.267. The molecule has 0 unspecified atom stereocenters. The second-order valence-corrected chi connectivity index (χ2v) is 3.74. The van der Waals surface area contributed by atoms with Crippen molar-refractivity contribution in [2.45, 2.75) is 20.3 Å². The van der Waals surface area contributed by atoms with E-state index in [-0.39, 0.29) is 5.91 Å². The lowest BCUT2D eigenvalue weighted by atomic mass is 10.1. The summed E-state index contributed by atoms with van der Waals surface area (Å²) in [7, 11) is 0. The molecule has 17 heavy (non-hydrogen) atoms. The molecule has 1 rings (SSSR count). The van der Waals surface area contributed by atoms with Gasteiger partial charge in [0.1, 0.15) is 0 Å². The van der Waals surface area contributed by atoms with Crippen LogP contribution in [-0.4, -0.2) is 12.5 Å². The zero-order chi connectivity index (χ0) is 12.7. The molecule has 0 atom stereocenters. The lowest BCUT2D eigenvalue weighted by molar-refractivity contribution is -0.120. The zero-order valence-corrected chi connectivity index (χ0v) is 10.5. The summed E-state index contributed by atoms with van der Waals surface area (Å²) in [5, 5.41) is 5.16. The first-order valence-corrected chi connectivity index (χ1v) is 5.86. The molecule has 0 aliphatic carbocycles. The quantitative estimate of drug-likeness (QED) is 0.829. The summed E-state index contributed by atoms with van der Waals surface area (Å²) in [4.78, 5) is 11.3. The fourth-order valence-corrected chi connectivity index (χ4v) is 1.64. The Morgan fingerprint density at radius 1 is 1.41 bits per heavy atom. The molecule has 0 aliphatic rings. The third-order valence-corrected chi connectivity index (χ3v) is 2.66. The summed E-state index contributed by atoms with van der Waals surface area (Å²) in [6, 6.07) is 8.10. The highest BCUT2D eigenvalue weighted by Crippen LogP contribution is 1.91. The van der Waals surface area contributed by atoms with E-state index in [1.807, 2.05) is 32.0 Å². The first-order chi connectivity index (χ1) is 8.22. The van der Waals surface area contributed by atoms with Gasteiger partial charge < -0.3 is 5.32 Å². The maximum atomic E-state index is 11.3. The van der Waals surface area contributed by atoms with Crippen LogP contribution in [0, 0.1) is 0 Å². The normalized spacial score (nSPS) is 13.2. The number of amides is 1. The lowest BCUT2D eigenvalue weighted by Crippen LogP contribution is -2.31. The summed E-state index contributed by atoms with van der Waals surface area (Å²) < 4.78 is 0. The Kier molecular flexibility index (Phi) is 5.21. The van der Waals surface area contributed by atoms with E-state index in [9.17, 15) is 4.79 Å². The van der Waals surface area contributed by atoms with E-state index in [0.29, 0.717) is 13.0 Å². The van der Waals surface area contributed by atoms with Gasteiger partial charge in [0, 0.05) is 13.0 Å². The third kappa shape index (κ3) is 3.59. The van der Waals surface area contributed by atoms with Gasteiger partial charge in [-0.3, -0.25) is 4.79 Å². The van der Waals surface area contributed by atoms with Gasteiger partial charge in [-0.05, 0) is 22.9 Å². The molecule has 1 N–H and O–H groups in total. The third-order valence-electron chi connectivity index (χ3n) is 2.66. The summed E-state index contributed by atoms with van der Waals surface area (Å²) in [6.07, 6.45) is 4.37. The van der Waals surface area contributed by atoms with Gasteiger partial charge in [0.15, 0.2) is 0 Å². The molecule has 2 nitrogen and oxygen atoms in total. The summed E-state index contributed by atoms with van der Waals surface area (Å²) in [5.41, 5.74) is 1.04. The Morgan fingerprint density at radius 3 is 2.71 bits per heavy atom. The van der Waals surface area contributed by atoms with Crippen LogP contribution in [-0.2, 0) is 4.79 Å². The molecule has 0 heterocycles. The van der Waals surface area contributed by atoms with Crippen LogP contribution in [0.1, 0.15) is 20.3 Å². The number of hydrogen-bond acceptors (Lipinski definition) is 1. The number of hydrogen-bond donors (Lipinski definition) is 1. The van der Waals surface area contributed by atoms with Crippen molar-refractivity contribution in [1.29, 1.82) is 0 Å². The van der Waals surface area contributed by atoms with E-state index < -0.39 is 0 Å². The largest absolute Gasteiger partial charge is 0.352 e. The second-order valence-electron chi connectivity index (χ2n) is 3.74. The molecule has 0 bridgehead atoms. The molecule has 1 aromatic carbocycles. The van der Waals surface area contributed by atoms with Crippen LogP contribution in [0.4, 0.5) is 0 Å². The molecule has 1 aromatic rings. The molecule has 90 valence electrons. The number of rotatable bonds is 4. The van der Waals surface area contributed by atoms with Crippen molar-refractivity contribution in [3.63, 3.8) is 0 Å². The Bertz CT molecular complexity index is 514. The minimum Gasteiger partial charge on any atom is -0.352 e. The van der Waals surface area contributed by atoms with Crippen LogP contribution >= 0.6 is 0 Å². The Morgan fingerprint density at radius 2 is 2.12 bits per heavy atom. The van der Waals surface area contributed by atoms with Crippen molar-refractivity contribution < 1.29 is 4.79 Å². The number of benzene rings is 1. The van der Waals surface area contributed by atoms with Crippen molar-refractivity contribution in [3.05, 3.63) is 47.4 Å². The molecule has 2 heteroatoms. The molecule has 1 amide bonds. The van der Waals surface area contributed by atoms with Crippen LogP contribution in [0.3, 0.4) is 0 Å². The van der Waals surface area contributed by atoms with Crippen molar-refractivity contribution in [1.82, 2.24) is 5.32 Å². The van der Waals surface area contributed by atoms with E-state index >= 15 is 0 Å². The van der Waals surface area contributed by atoms with Crippen LogP contribution in [0.25, 0.3) is 11.6 Å². The molecule has 0 fully saturated rings. The first kappa shape index (κ1) is 13.2. The van der Waals surface area contributed by atoms with Crippen LogP contribution in [0.2, 0.25) is 0 Å². The summed E-state index contributed by atoms with van der Waals surface area (Å²) >= 11 is 0. The molecule has 0 saturated heterocycles. The highest BCUT2D eigenvalue weighted by Gasteiger charge is 1.98. The molecule has 0 aromatic heterocycles. The number of carbonyl (C=O) groups excluding carboxylic acids is 1. The molecule has 0 radical (unpaired) electrons. The number of nitrogens with one attached hydrogen (secondary N) is 1. The van der Waals surface area contributed by atoms with Crippen molar-refractivity contribution in [2.75, 3.05) is 6.54 Å². The Labute approximate surface area is 102 Å². The van der Waals surface area contributed by atoms with Crippen molar-refractivity contribution >= 4 is 17.6 Å². The van der Waals surface area contributed by atoms with E-state index in [1.165, 1.54) is 0 Å². The average Bonchev–Trinajstić information content (AvgIpc) is 2.39. The smallest absolute Gasteiger partial charge is 0.219 e. The van der Waals surface area contributed by atoms with Crippen molar-refractivity contribution in [2.24, 2.45) is 0 Å². The summed E-state index contributed by atoms with van der Waals surface area (Å²) in [5.74, 6) is 0.0577. The zero-order valence-electron chi connectivity index (χ0n) is 10.5. The Balaban J connectivity index is 3.14. The standard InChI is InChI=1S/C15H19NO/c1-4-12-9-7-8-10-14(12)13(5-2)11-16-15(17)6-3/h4-5,7-10H,2,6,11H2,1,3H3,(H,16,17)/b12-4-,14-13+. The van der Waals surface area contributed by atoms with Crippen LogP contribution in [0.5, 0.6) is 0 Å². The second kappa shape index (κ2) is 6.69. The van der Waals surface area contributed by atoms with Gasteiger partial charge in [0.25, 0.3) is 0 Å². The molecule has 0 saturated carbocycles. The predicted molar refractivity (Wildman–Crippen MR) is 72.7 cm³/mol. The molecule has 0 spiro atoms. The fourth-order valence-electron chi connectivity index (χ4n) is 1.64. The van der Waals surface area contributed by atoms with E-state index in [0.717, 1.165) is 16.0 Å². The van der Waals surface area contributed by atoms with Gasteiger partial charge in [0.2, 0.25) is 5.91 Å². The van der Waals surface area contributed by atoms with E-state index in [4.69, 9.17) is 0 Å².